The summed E-state index contributed by atoms with van der Waals surface area (Å²) in [6, 6.07) is 8.37. The second-order valence-electron chi connectivity index (χ2n) is 4.64. The van der Waals surface area contributed by atoms with Gasteiger partial charge < -0.3 is 5.32 Å². The smallest absolute Gasteiger partial charge is 0.117 e. The molecule has 1 fully saturated rings. The zero-order valence-electron chi connectivity index (χ0n) is 9.49. The fourth-order valence-electron chi connectivity index (χ4n) is 2.39. The third-order valence-corrected chi connectivity index (χ3v) is 4.54. The van der Waals surface area contributed by atoms with Gasteiger partial charge in [0.05, 0.1) is 5.52 Å². The van der Waals surface area contributed by atoms with Crippen LogP contribution in [-0.4, -0.2) is 9.91 Å². The van der Waals surface area contributed by atoms with Crippen LogP contribution in [0.15, 0.2) is 24.3 Å². The summed E-state index contributed by atoms with van der Waals surface area (Å²) in [7, 11) is 0. The molecule has 0 spiro atoms. The summed E-state index contributed by atoms with van der Waals surface area (Å²) in [5.74, 6) is 0. The zero-order chi connectivity index (χ0) is 11.0. The number of nitrogens with one attached hydrogen (secondary N) is 1. The lowest BCUT2D eigenvalue weighted by Gasteiger charge is -2.42. The van der Waals surface area contributed by atoms with E-state index in [4.69, 9.17) is 0 Å². The lowest BCUT2D eigenvalue weighted by molar-refractivity contribution is 0.270. The molecule has 3 heteroatoms. The normalized spacial score (nSPS) is 18.3. The second-order valence-corrected chi connectivity index (χ2v) is 5.41. The van der Waals surface area contributed by atoms with Gasteiger partial charge in [-0.3, -0.25) is 0 Å². The summed E-state index contributed by atoms with van der Waals surface area (Å²) < 4.78 is 4.47. The highest BCUT2D eigenvalue weighted by Crippen LogP contribution is 2.40. The molecule has 1 saturated carbocycles. The first kappa shape index (κ1) is 10.1. The Morgan fingerprint density at radius 2 is 2.19 bits per heavy atom. The first-order valence-corrected chi connectivity index (χ1v) is 6.73. The van der Waals surface area contributed by atoms with Gasteiger partial charge in [0, 0.05) is 10.9 Å². The lowest BCUT2D eigenvalue weighted by Crippen LogP contribution is -2.44. The molecule has 84 valence electrons. The maximum Gasteiger partial charge on any atom is 0.117 e. The van der Waals surface area contributed by atoms with E-state index >= 15 is 0 Å². The minimum atomic E-state index is 0.356. The number of hydrogen-bond donors (Lipinski definition) is 1. The second kappa shape index (κ2) is 3.74. The number of hydrogen-bond acceptors (Lipinski definition) is 3. The van der Waals surface area contributed by atoms with E-state index in [2.05, 4.69) is 34.8 Å². The third kappa shape index (κ3) is 1.50. The largest absolute Gasteiger partial charge is 0.370 e. The summed E-state index contributed by atoms with van der Waals surface area (Å²) in [6.45, 7) is 2.27. The van der Waals surface area contributed by atoms with Gasteiger partial charge in [-0.15, -0.1) is 0 Å². The third-order valence-electron chi connectivity index (χ3n) is 3.75. The predicted octanol–water partition coefficient (Wildman–Crippen LogP) is 4.04. The van der Waals surface area contributed by atoms with E-state index in [1.807, 2.05) is 6.07 Å². The molecule has 0 saturated heterocycles. The molecule has 0 atom stereocenters. The molecule has 2 aromatic rings. The molecular formula is C13H16N2S. The van der Waals surface area contributed by atoms with Crippen LogP contribution in [0.1, 0.15) is 32.6 Å². The number of nitrogens with zero attached hydrogens (tertiary/aromatic N) is 1. The number of aromatic nitrogens is 1. The Balaban J connectivity index is 1.94. The highest BCUT2D eigenvalue weighted by molar-refractivity contribution is 7.11. The number of benzene rings is 1. The van der Waals surface area contributed by atoms with Crippen molar-refractivity contribution in [3.63, 3.8) is 0 Å². The Kier molecular flexibility index (Phi) is 2.36. The minimum Gasteiger partial charge on any atom is -0.370 e. The van der Waals surface area contributed by atoms with Crippen LogP contribution in [0.2, 0.25) is 0 Å². The van der Waals surface area contributed by atoms with Crippen LogP contribution in [0.4, 0.5) is 5.00 Å². The van der Waals surface area contributed by atoms with Crippen molar-refractivity contribution in [1.29, 1.82) is 0 Å². The van der Waals surface area contributed by atoms with E-state index in [-0.39, 0.29) is 0 Å². The first-order valence-electron chi connectivity index (χ1n) is 5.96. The average molecular weight is 232 g/mol. The van der Waals surface area contributed by atoms with Gasteiger partial charge in [0.1, 0.15) is 5.00 Å². The Hall–Kier alpha value is -1.09. The van der Waals surface area contributed by atoms with E-state index in [1.54, 1.807) is 11.5 Å². The molecule has 0 bridgehead atoms. The molecule has 0 amide bonds. The molecule has 2 nitrogen and oxygen atoms in total. The molecule has 1 aliphatic rings. The highest BCUT2D eigenvalue weighted by Gasteiger charge is 2.35. The van der Waals surface area contributed by atoms with E-state index in [1.165, 1.54) is 36.1 Å². The van der Waals surface area contributed by atoms with Crippen LogP contribution in [0.3, 0.4) is 0 Å². The Bertz CT molecular complexity index is 494. The summed E-state index contributed by atoms with van der Waals surface area (Å²) in [4.78, 5) is 0. The summed E-state index contributed by atoms with van der Waals surface area (Å²) >= 11 is 1.59. The minimum absolute atomic E-state index is 0.356. The van der Waals surface area contributed by atoms with Gasteiger partial charge in [0.15, 0.2) is 0 Å². The van der Waals surface area contributed by atoms with Gasteiger partial charge in [-0.1, -0.05) is 19.1 Å². The van der Waals surface area contributed by atoms with Crippen molar-refractivity contribution in [2.75, 3.05) is 5.32 Å². The number of fused-ring (bicyclic) bond motifs is 1. The molecule has 16 heavy (non-hydrogen) atoms. The van der Waals surface area contributed by atoms with E-state index in [0.29, 0.717) is 5.54 Å². The standard InChI is InChI=1S/C13H16N2S/c1-2-13(8-5-9-13)14-12-10-6-3-4-7-11(10)15-16-12/h3-4,6-7,14H,2,5,8-9H2,1H3. The van der Waals surface area contributed by atoms with E-state index in [9.17, 15) is 0 Å². The number of anilines is 1. The Labute approximate surface area is 99.8 Å². The van der Waals surface area contributed by atoms with E-state index in [0.717, 1.165) is 5.52 Å². The van der Waals surface area contributed by atoms with Crippen LogP contribution >= 0.6 is 11.5 Å². The molecule has 1 aliphatic carbocycles. The van der Waals surface area contributed by atoms with Crippen molar-refractivity contribution < 1.29 is 0 Å². The fourth-order valence-corrected chi connectivity index (χ4v) is 3.27. The maximum absolute atomic E-state index is 4.47. The zero-order valence-corrected chi connectivity index (χ0v) is 10.3. The van der Waals surface area contributed by atoms with Crippen molar-refractivity contribution in [3.8, 4) is 0 Å². The van der Waals surface area contributed by atoms with Crippen LogP contribution in [0.25, 0.3) is 10.9 Å². The molecule has 0 radical (unpaired) electrons. The quantitative estimate of drug-likeness (QED) is 0.863. The predicted molar refractivity (Wildman–Crippen MR) is 70.1 cm³/mol. The fraction of sp³-hybridized carbons (Fsp3) is 0.462. The molecule has 1 N–H and O–H groups in total. The molecule has 1 aromatic heterocycles. The summed E-state index contributed by atoms with van der Waals surface area (Å²) in [6.07, 6.45) is 5.17. The van der Waals surface area contributed by atoms with E-state index < -0.39 is 0 Å². The van der Waals surface area contributed by atoms with Crippen LogP contribution in [-0.2, 0) is 0 Å². The summed E-state index contributed by atoms with van der Waals surface area (Å²) in [5.41, 5.74) is 1.47. The Morgan fingerprint density at radius 1 is 1.38 bits per heavy atom. The van der Waals surface area contributed by atoms with Gasteiger partial charge in [-0.25, -0.2) is 0 Å². The van der Waals surface area contributed by atoms with Crippen molar-refractivity contribution >= 4 is 27.4 Å². The van der Waals surface area contributed by atoms with Gasteiger partial charge in [0.25, 0.3) is 0 Å². The van der Waals surface area contributed by atoms with Gasteiger partial charge in [-0.2, -0.15) is 4.37 Å². The first-order chi connectivity index (χ1) is 7.83. The molecule has 3 rings (SSSR count). The maximum atomic E-state index is 4.47. The molecule has 0 aliphatic heterocycles. The SMILES string of the molecule is CCC1(Nc2snc3ccccc23)CCC1. The highest BCUT2D eigenvalue weighted by atomic mass is 32.1. The topological polar surface area (TPSA) is 24.9 Å². The molecule has 1 aromatic carbocycles. The van der Waals surface area contributed by atoms with Gasteiger partial charge in [-0.05, 0) is 49.3 Å². The molecule has 1 heterocycles. The average Bonchev–Trinajstić information content (AvgIpc) is 2.67. The lowest BCUT2D eigenvalue weighted by atomic mass is 9.75. The van der Waals surface area contributed by atoms with Crippen molar-refractivity contribution in [2.24, 2.45) is 0 Å². The van der Waals surface area contributed by atoms with Gasteiger partial charge in [0.2, 0.25) is 0 Å². The summed E-state index contributed by atoms with van der Waals surface area (Å²) in [5, 5.41) is 6.24. The van der Waals surface area contributed by atoms with Crippen molar-refractivity contribution in [1.82, 2.24) is 4.37 Å². The van der Waals surface area contributed by atoms with Crippen molar-refractivity contribution in [2.45, 2.75) is 38.1 Å². The Morgan fingerprint density at radius 3 is 2.88 bits per heavy atom. The monoisotopic (exact) mass is 232 g/mol. The van der Waals surface area contributed by atoms with Crippen molar-refractivity contribution in [3.05, 3.63) is 24.3 Å². The van der Waals surface area contributed by atoms with Crippen LogP contribution in [0, 0.1) is 0 Å². The van der Waals surface area contributed by atoms with Gasteiger partial charge >= 0.3 is 0 Å². The molecule has 0 unspecified atom stereocenters. The molecular weight excluding hydrogens is 216 g/mol. The van der Waals surface area contributed by atoms with Crippen LogP contribution < -0.4 is 5.32 Å². The van der Waals surface area contributed by atoms with Crippen LogP contribution in [0.5, 0.6) is 0 Å². The number of rotatable bonds is 3.